The number of phenols is 1. The van der Waals surface area contributed by atoms with Gasteiger partial charge in [0, 0.05) is 17.2 Å². The smallest absolute Gasteiger partial charge is 0.255 e. The van der Waals surface area contributed by atoms with Gasteiger partial charge >= 0.3 is 0 Å². The molecule has 0 saturated heterocycles. The Hall–Kier alpha value is -1.31. The maximum absolute atomic E-state index is 12.0. The molecule has 0 aliphatic carbocycles. The molecule has 2 amide bonds. The molecule has 0 heterocycles. The lowest BCUT2D eigenvalue weighted by Crippen LogP contribution is -2.43. The fraction of sp³-hybridized carbons (Fsp3) is 0.385. The van der Waals surface area contributed by atoms with Crippen molar-refractivity contribution in [2.24, 2.45) is 5.41 Å². The zero-order valence-electron chi connectivity index (χ0n) is 11.1. The van der Waals surface area contributed by atoms with E-state index in [-0.39, 0.29) is 23.8 Å². The van der Waals surface area contributed by atoms with Crippen LogP contribution in [0.1, 0.15) is 24.2 Å². The van der Waals surface area contributed by atoms with Crippen LogP contribution in [0.4, 0.5) is 0 Å². The maximum Gasteiger partial charge on any atom is 0.255 e. The van der Waals surface area contributed by atoms with Gasteiger partial charge < -0.3 is 15.7 Å². The van der Waals surface area contributed by atoms with Crippen LogP contribution in [0.3, 0.4) is 0 Å². The summed E-state index contributed by atoms with van der Waals surface area (Å²) in [7, 11) is 1.55. The number of nitrogens with one attached hydrogen (secondary N) is 2. The second kappa shape index (κ2) is 6.23. The van der Waals surface area contributed by atoms with E-state index in [0.717, 1.165) is 3.57 Å². The molecule has 0 aliphatic rings. The van der Waals surface area contributed by atoms with Crippen molar-refractivity contribution < 1.29 is 14.7 Å². The molecule has 0 aliphatic heterocycles. The van der Waals surface area contributed by atoms with Gasteiger partial charge in [0.25, 0.3) is 5.91 Å². The number of phenolic OH excluding ortho intramolecular Hbond substituents is 1. The van der Waals surface area contributed by atoms with Gasteiger partial charge in [-0.2, -0.15) is 0 Å². The van der Waals surface area contributed by atoms with Crippen molar-refractivity contribution in [3.05, 3.63) is 27.3 Å². The minimum Gasteiger partial charge on any atom is -0.507 e. The number of rotatable bonds is 4. The third-order valence-corrected chi connectivity index (χ3v) is 3.41. The summed E-state index contributed by atoms with van der Waals surface area (Å²) in [6.45, 7) is 3.66. The standard InChI is InChI=1S/C13H17IN2O3/c1-13(2,12(19)15-3)7-16-11(18)9-6-8(14)4-5-10(9)17/h4-6,17H,7H2,1-3H3,(H,15,19)(H,16,18). The van der Waals surface area contributed by atoms with Gasteiger partial charge in [0.15, 0.2) is 0 Å². The molecule has 1 aromatic carbocycles. The van der Waals surface area contributed by atoms with Crippen LogP contribution < -0.4 is 10.6 Å². The second-order valence-corrected chi connectivity index (χ2v) is 6.05. The Labute approximate surface area is 125 Å². The van der Waals surface area contributed by atoms with Crippen LogP contribution in [0.2, 0.25) is 0 Å². The van der Waals surface area contributed by atoms with Crippen molar-refractivity contribution >= 4 is 34.4 Å². The molecule has 19 heavy (non-hydrogen) atoms. The molecule has 0 fully saturated rings. The maximum atomic E-state index is 12.0. The molecular weight excluding hydrogens is 359 g/mol. The van der Waals surface area contributed by atoms with Crippen LogP contribution in [-0.2, 0) is 4.79 Å². The largest absolute Gasteiger partial charge is 0.507 e. The first kappa shape index (κ1) is 15.7. The second-order valence-electron chi connectivity index (χ2n) is 4.81. The highest BCUT2D eigenvalue weighted by Gasteiger charge is 2.27. The van der Waals surface area contributed by atoms with E-state index in [2.05, 4.69) is 33.2 Å². The van der Waals surface area contributed by atoms with E-state index in [1.54, 1.807) is 33.0 Å². The first-order valence-electron chi connectivity index (χ1n) is 5.77. The van der Waals surface area contributed by atoms with E-state index >= 15 is 0 Å². The minimum absolute atomic E-state index is 0.0735. The van der Waals surface area contributed by atoms with E-state index in [1.807, 2.05) is 0 Å². The fourth-order valence-corrected chi connectivity index (χ4v) is 2.00. The summed E-state index contributed by atoms with van der Waals surface area (Å²) in [6.07, 6.45) is 0. The quantitative estimate of drug-likeness (QED) is 0.697. The Bertz CT molecular complexity index is 501. The lowest BCUT2D eigenvalue weighted by molar-refractivity contribution is -0.128. The van der Waals surface area contributed by atoms with Gasteiger partial charge in [-0.25, -0.2) is 0 Å². The number of halogens is 1. The summed E-state index contributed by atoms with van der Waals surface area (Å²) in [5.74, 6) is -0.622. The molecule has 0 aromatic heterocycles. The van der Waals surface area contributed by atoms with Crippen LogP contribution in [0.25, 0.3) is 0 Å². The number of hydrogen-bond donors (Lipinski definition) is 3. The summed E-state index contributed by atoms with van der Waals surface area (Å²) in [4.78, 5) is 23.6. The zero-order chi connectivity index (χ0) is 14.6. The van der Waals surface area contributed by atoms with E-state index < -0.39 is 11.3 Å². The minimum atomic E-state index is -0.706. The SMILES string of the molecule is CNC(=O)C(C)(C)CNC(=O)c1cc(I)ccc1O. The Morgan fingerprint density at radius 3 is 2.58 bits per heavy atom. The predicted octanol–water partition coefficient (Wildman–Crippen LogP) is 1.50. The molecule has 5 nitrogen and oxygen atoms in total. The zero-order valence-corrected chi connectivity index (χ0v) is 13.2. The summed E-state index contributed by atoms with van der Waals surface area (Å²) >= 11 is 2.06. The third kappa shape index (κ3) is 4.09. The van der Waals surface area contributed by atoms with E-state index in [4.69, 9.17) is 0 Å². The highest BCUT2D eigenvalue weighted by atomic mass is 127. The van der Waals surface area contributed by atoms with E-state index in [9.17, 15) is 14.7 Å². The predicted molar refractivity (Wildman–Crippen MR) is 81.0 cm³/mol. The Kier molecular flexibility index (Phi) is 5.16. The van der Waals surface area contributed by atoms with Crippen molar-refractivity contribution in [1.82, 2.24) is 10.6 Å². The van der Waals surface area contributed by atoms with Gasteiger partial charge in [-0.15, -0.1) is 0 Å². The summed E-state index contributed by atoms with van der Waals surface area (Å²) in [5.41, 5.74) is -0.498. The molecule has 0 atom stereocenters. The van der Waals surface area contributed by atoms with Crippen LogP contribution in [0.5, 0.6) is 5.75 Å². The molecule has 1 rings (SSSR count). The van der Waals surface area contributed by atoms with Gasteiger partial charge in [0.05, 0.1) is 11.0 Å². The van der Waals surface area contributed by atoms with Crippen LogP contribution in [0.15, 0.2) is 18.2 Å². The first-order chi connectivity index (χ1) is 8.77. The number of benzene rings is 1. The highest BCUT2D eigenvalue weighted by Crippen LogP contribution is 2.20. The van der Waals surface area contributed by atoms with Crippen LogP contribution >= 0.6 is 22.6 Å². The van der Waals surface area contributed by atoms with Crippen molar-refractivity contribution in [3.8, 4) is 5.75 Å². The first-order valence-corrected chi connectivity index (χ1v) is 6.84. The molecule has 0 bridgehead atoms. The van der Waals surface area contributed by atoms with Crippen molar-refractivity contribution in [2.45, 2.75) is 13.8 Å². The van der Waals surface area contributed by atoms with Gasteiger partial charge in [0.2, 0.25) is 5.91 Å². The average molecular weight is 376 g/mol. The van der Waals surface area contributed by atoms with Crippen molar-refractivity contribution in [1.29, 1.82) is 0 Å². The Balaban J connectivity index is 2.76. The lowest BCUT2D eigenvalue weighted by atomic mass is 9.92. The molecule has 0 radical (unpaired) electrons. The monoisotopic (exact) mass is 376 g/mol. The highest BCUT2D eigenvalue weighted by molar-refractivity contribution is 14.1. The summed E-state index contributed by atoms with van der Waals surface area (Å²) < 4.78 is 0.853. The van der Waals surface area contributed by atoms with Gasteiger partial charge in [-0.05, 0) is 54.6 Å². The average Bonchev–Trinajstić information content (AvgIpc) is 2.37. The number of carbonyl (C=O) groups is 2. The summed E-state index contributed by atoms with van der Waals surface area (Å²) in [6, 6.07) is 4.78. The third-order valence-electron chi connectivity index (χ3n) is 2.74. The van der Waals surface area contributed by atoms with Gasteiger partial charge in [-0.3, -0.25) is 9.59 Å². The molecule has 3 N–H and O–H groups in total. The number of carbonyl (C=O) groups excluding carboxylic acids is 2. The topological polar surface area (TPSA) is 78.4 Å². The molecule has 0 saturated carbocycles. The molecule has 0 spiro atoms. The number of hydrogen-bond acceptors (Lipinski definition) is 3. The Morgan fingerprint density at radius 1 is 1.37 bits per heavy atom. The van der Waals surface area contributed by atoms with Crippen LogP contribution in [0, 0.1) is 8.99 Å². The van der Waals surface area contributed by atoms with Crippen molar-refractivity contribution in [3.63, 3.8) is 0 Å². The number of amides is 2. The van der Waals surface area contributed by atoms with Crippen molar-refractivity contribution in [2.75, 3.05) is 13.6 Å². The molecular formula is C13H17IN2O3. The van der Waals surface area contributed by atoms with Crippen LogP contribution in [-0.4, -0.2) is 30.5 Å². The summed E-state index contributed by atoms with van der Waals surface area (Å²) in [5, 5.41) is 14.9. The number of aromatic hydroxyl groups is 1. The Morgan fingerprint density at radius 2 is 2.00 bits per heavy atom. The van der Waals surface area contributed by atoms with E-state index in [0.29, 0.717) is 0 Å². The molecule has 104 valence electrons. The fourth-order valence-electron chi connectivity index (χ4n) is 1.51. The van der Waals surface area contributed by atoms with Gasteiger partial charge in [-0.1, -0.05) is 0 Å². The molecule has 1 aromatic rings. The molecule has 6 heteroatoms. The van der Waals surface area contributed by atoms with Gasteiger partial charge in [0.1, 0.15) is 5.75 Å². The lowest BCUT2D eigenvalue weighted by Gasteiger charge is -2.22. The molecule has 0 unspecified atom stereocenters. The van der Waals surface area contributed by atoms with E-state index in [1.165, 1.54) is 6.07 Å². The normalized spacial score (nSPS) is 10.9.